The van der Waals surface area contributed by atoms with Crippen LogP contribution < -0.4 is 5.32 Å². The first kappa shape index (κ1) is 18.7. The summed E-state index contributed by atoms with van der Waals surface area (Å²) in [7, 11) is 1.86. The molecule has 0 radical (unpaired) electrons. The Morgan fingerprint density at radius 1 is 1.10 bits per heavy atom. The molecule has 0 aromatic heterocycles. The predicted octanol–water partition coefficient (Wildman–Crippen LogP) is 1.31. The molecule has 0 aliphatic carbocycles. The third kappa shape index (κ3) is 6.50. The maximum atomic E-state index is 12.3. The highest BCUT2D eigenvalue weighted by Gasteiger charge is 2.32. The van der Waals surface area contributed by atoms with Gasteiger partial charge in [0.1, 0.15) is 0 Å². The molecule has 1 atom stereocenters. The molecule has 4 nitrogen and oxygen atoms in total. The van der Waals surface area contributed by atoms with Gasteiger partial charge in [0, 0.05) is 31.7 Å². The first-order chi connectivity index (χ1) is 9.84. The fraction of sp³-hybridized carbons (Fsp3) is 1.00. The molecule has 1 saturated heterocycles. The summed E-state index contributed by atoms with van der Waals surface area (Å²) in [5, 5.41) is 12.7. The number of rotatable bonds is 8. The van der Waals surface area contributed by atoms with E-state index in [1.54, 1.807) is 0 Å². The molecule has 0 saturated carbocycles. The quantitative estimate of drug-likeness (QED) is 0.709. The second-order valence-electron chi connectivity index (χ2n) is 5.88. The van der Waals surface area contributed by atoms with Crippen molar-refractivity contribution in [2.24, 2.45) is 0 Å². The number of halogens is 3. The minimum atomic E-state index is -4.10. The minimum Gasteiger partial charge on any atom is -0.394 e. The zero-order valence-corrected chi connectivity index (χ0v) is 13.0. The number of nitrogens with one attached hydrogen (secondary N) is 1. The lowest BCUT2D eigenvalue weighted by atomic mass is 9.91. The van der Waals surface area contributed by atoms with E-state index in [1.165, 1.54) is 4.90 Å². The number of piperazine rings is 1. The Bertz CT molecular complexity index is 279. The third-order valence-corrected chi connectivity index (χ3v) is 4.51. The number of aliphatic hydroxyl groups excluding tert-OH is 1. The van der Waals surface area contributed by atoms with E-state index >= 15 is 0 Å². The predicted molar refractivity (Wildman–Crippen MR) is 77.3 cm³/mol. The van der Waals surface area contributed by atoms with Crippen LogP contribution in [0.15, 0.2) is 0 Å². The van der Waals surface area contributed by atoms with Gasteiger partial charge in [-0.3, -0.25) is 4.90 Å². The van der Waals surface area contributed by atoms with Crippen LogP contribution in [0, 0.1) is 0 Å². The Morgan fingerprint density at radius 2 is 1.67 bits per heavy atom. The third-order valence-electron chi connectivity index (χ3n) is 4.51. The van der Waals surface area contributed by atoms with Gasteiger partial charge in [0.15, 0.2) is 0 Å². The summed E-state index contributed by atoms with van der Waals surface area (Å²) in [4.78, 5) is 3.68. The number of likely N-dealkylation sites (N-methyl/N-ethyl adjacent to an activating group) is 1. The Hall–Kier alpha value is -0.370. The van der Waals surface area contributed by atoms with Crippen molar-refractivity contribution in [1.82, 2.24) is 15.1 Å². The van der Waals surface area contributed by atoms with Gasteiger partial charge in [0.2, 0.25) is 0 Å². The lowest BCUT2D eigenvalue weighted by Crippen LogP contribution is -2.50. The van der Waals surface area contributed by atoms with E-state index in [9.17, 15) is 18.3 Å². The molecule has 0 aromatic carbocycles. The van der Waals surface area contributed by atoms with E-state index in [1.807, 2.05) is 14.0 Å². The minimum absolute atomic E-state index is 0.110. The average Bonchev–Trinajstić information content (AvgIpc) is 2.44. The molecule has 1 aliphatic rings. The average molecular weight is 311 g/mol. The zero-order valence-electron chi connectivity index (χ0n) is 13.0. The van der Waals surface area contributed by atoms with Gasteiger partial charge in [-0.1, -0.05) is 6.92 Å². The summed E-state index contributed by atoms with van der Waals surface area (Å²) in [6.07, 6.45) is -1.43. The smallest absolute Gasteiger partial charge is 0.394 e. The SMILES string of the molecule is CCC(CO)(CCCN1CCN(CC(F)(F)F)CC1)NC. The Labute approximate surface area is 125 Å². The highest BCUT2D eigenvalue weighted by molar-refractivity contribution is 4.85. The van der Waals surface area contributed by atoms with Crippen LogP contribution in [0.2, 0.25) is 0 Å². The molecule has 2 N–H and O–H groups in total. The maximum absolute atomic E-state index is 12.3. The van der Waals surface area contributed by atoms with E-state index < -0.39 is 12.7 Å². The number of alkyl halides is 3. The monoisotopic (exact) mass is 311 g/mol. The standard InChI is InChI=1S/C14H28F3N3O/c1-3-13(12-21,18-2)5-4-6-19-7-9-20(10-8-19)11-14(15,16)17/h18,21H,3-12H2,1-2H3. The number of nitrogens with zero attached hydrogens (tertiary/aromatic N) is 2. The molecule has 0 bridgehead atoms. The fourth-order valence-electron chi connectivity index (χ4n) is 2.81. The van der Waals surface area contributed by atoms with Crippen LogP contribution in [0.5, 0.6) is 0 Å². The molecule has 1 fully saturated rings. The summed E-state index contributed by atoms with van der Waals surface area (Å²) in [5.74, 6) is 0. The Morgan fingerprint density at radius 3 is 2.10 bits per heavy atom. The molecule has 1 unspecified atom stereocenters. The van der Waals surface area contributed by atoms with Crippen molar-refractivity contribution in [1.29, 1.82) is 0 Å². The van der Waals surface area contributed by atoms with E-state index in [0.29, 0.717) is 26.2 Å². The number of hydrogen-bond acceptors (Lipinski definition) is 4. The van der Waals surface area contributed by atoms with Crippen molar-refractivity contribution in [3.63, 3.8) is 0 Å². The van der Waals surface area contributed by atoms with Gasteiger partial charge in [-0.05, 0) is 32.9 Å². The Kier molecular flexibility index (Phi) is 7.39. The largest absolute Gasteiger partial charge is 0.401 e. The lowest BCUT2D eigenvalue weighted by molar-refractivity contribution is -0.149. The van der Waals surface area contributed by atoms with Gasteiger partial charge in [-0.15, -0.1) is 0 Å². The van der Waals surface area contributed by atoms with Crippen LogP contribution in [-0.4, -0.2) is 79.5 Å². The van der Waals surface area contributed by atoms with Gasteiger partial charge in [0.25, 0.3) is 0 Å². The van der Waals surface area contributed by atoms with Crippen molar-refractivity contribution in [2.75, 3.05) is 52.9 Å². The molecule has 7 heteroatoms. The summed E-state index contributed by atoms with van der Waals surface area (Å²) in [5.41, 5.74) is -0.224. The Balaban J connectivity index is 2.24. The van der Waals surface area contributed by atoms with E-state index in [-0.39, 0.29) is 12.1 Å². The molecular formula is C14H28F3N3O. The topological polar surface area (TPSA) is 38.7 Å². The van der Waals surface area contributed by atoms with Crippen LogP contribution in [-0.2, 0) is 0 Å². The van der Waals surface area contributed by atoms with Crippen LogP contribution in [0.1, 0.15) is 26.2 Å². The van der Waals surface area contributed by atoms with Crippen LogP contribution in [0.4, 0.5) is 13.2 Å². The van der Waals surface area contributed by atoms with E-state index in [2.05, 4.69) is 10.2 Å². The maximum Gasteiger partial charge on any atom is 0.401 e. The van der Waals surface area contributed by atoms with Crippen LogP contribution >= 0.6 is 0 Å². The highest BCUT2D eigenvalue weighted by atomic mass is 19.4. The molecule has 1 rings (SSSR count). The van der Waals surface area contributed by atoms with Crippen molar-refractivity contribution < 1.29 is 18.3 Å². The number of aliphatic hydroxyl groups is 1. The van der Waals surface area contributed by atoms with E-state index in [0.717, 1.165) is 25.8 Å². The van der Waals surface area contributed by atoms with Crippen molar-refractivity contribution >= 4 is 0 Å². The first-order valence-electron chi connectivity index (χ1n) is 7.65. The lowest BCUT2D eigenvalue weighted by Gasteiger charge is -2.36. The van der Waals surface area contributed by atoms with Gasteiger partial charge in [-0.2, -0.15) is 13.2 Å². The molecule has 0 spiro atoms. The molecule has 0 aromatic rings. The van der Waals surface area contributed by atoms with Crippen molar-refractivity contribution in [2.45, 2.75) is 37.9 Å². The summed E-state index contributed by atoms with van der Waals surface area (Å²) < 4.78 is 36.9. The summed E-state index contributed by atoms with van der Waals surface area (Å²) >= 11 is 0. The van der Waals surface area contributed by atoms with Gasteiger partial charge < -0.3 is 15.3 Å². The second kappa shape index (κ2) is 8.31. The van der Waals surface area contributed by atoms with Crippen LogP contribution in [0.3, 0.4) is 0 Å². The van der Waals surface area contributed by atoms with Crippen molar-refractivity contribution in [3.8, 4) is 0 Å². The molecule has 126 valence electrons. The summed E-state index contributed by atoms with van der Waals surface area (Å²) in [6, 6.07) is 0. The van der Waals surface area contributed by atoms with Gasteiger partial charge >= 0.3 is 6.18 Å². The molecular weight excluding hydrogens is 283 g/mol. The van der Waals surface area contributed by atoms with Crippen LogP contribution in [0.25, 0.3) is 0 Å². The molecule has 1 aliphatic heterocycles. The first-order valence-corrected chi connectivity index (χ1v) is 7.65. The summed E-state index contributed by atoms with van der Waals surface area (Å²) in [6.45, 7) is 4.56. The number of hydrogen-bond donors (Lipinski definition) is 2. The molecule has 1 heterocycles. The van der Waals surface area contributed by atoms with Crippen molar-refractivity contribution in [3.05, 3.63) is 0 Å². The second-order valence-corrected chi connectivity index (χ2v) is 5.88. The fourth-order valence-corrected chi connectivity index (χ4v) is 2.81. The van der Waals surface area contributed by atoms with Gasteiger partial charge in [0.05, 0.1) is 13.2 Å². The van der Waals surface area contributed by atoms with Gasteiger partial charge in [-0.25, -0.2) is 0 Å². The normalized spacial score (nSPS) is 21.4. The molecule has 21 heavy (non-hydrogen) atoms. The zero-order chi connectivity index (χ0) is 15.9. The van der Waals surface area contributed by atoms with E-state index in [4.69, 9.17) is 0 Å². The highest BCUT2D eigenvalue weighted by Crippen LogP contribution is 2.19. The molecule has 0 amide bonds.